The van der Waals surface area contributed by atoms with E-state index >= 15 is 0 Å². The summed E-state index contributed by atoms with van der Waals surface area (Å²) in [4.78, 5) is 15.2. The number of imidazole rings is 1. The highest BCUT2D eigenvalue weighted by Crippen LogP contribution is 2.22. The van der Waals surface area contributed by atoms with Crippen molar-refractivity contribution in [2.75, 3.05) is 6.54 Å². The smallest absolute Gasteiger partial charge is 0.242 e. The molecule has 0 aliphatic heterocycles. The van der Waals surface area contributed by atoms with Gasteiger partial charge in [-0.15, -0.1) is 0 Å². The largest absolute Gasteiger partial charge is 0.355 e. The van der Waals surface area contributed by atoms with E-state index in [9.17, 15) is 4.79 Å². The van der Waals surface area contributed by atoms with E-state index < -0.39 is 0 Å². The van der Waals surface area contributed by atoms with Gasteiger partial charge in [0.1, 0.15) is 11.6 Å². The fourth-order valence-corrected chi connectivity index (χ4v) is 2.63. The van der Waals surface area contributed by atoms with Crippen molar-refractivity contribution >= 4 is 29.3 Å². The fraction of sp³-hybridized carbons (Fsp3) is 0.583. The second kappa shape index (κ2) is 5.16. The van der Waals surface area contributed by atoms with E-state index in [1.165, 1.54) is 0 Å². The van der Waals surface area contributed by atoms with Crippen molar-refractivity contribution < 1.29 is 4.79 Å². The number of aromatic amines is 1. The Hall–Kier alpha value is -1.63. The number of hydrogen-bond donors (Lipinski definition) is 2. The van der Waals surface area contributed by atoms with Crippen LogP contribution in [-0.2, 0) is 18.3 Å². The molecule has 0 fully saturated rings. The monoisotopic (exact) mass is 281 g/mol. The highest BCUT2D eigenvalue weighted by molar-refractivity contribution is 7.71. The maximum absolute atomic E-state index is 12.0. The molecule has 2 heterocycles. The third-order valence-electron chi connectivity index (χ3n) is 3.22. The summed E-state index contributed by atoms with van der Waals surface area (Å²) in [5.74, 6) is -0.0428. The number of rotatable bonds is 4. The van der Waals surface area contributed by atoms with Crippen LogP contribution in [0.5, 0.6) is 0 Å². The van der Waals surface area contributed by atoms with E-state index in [4.69, 9.17) is 12.2 Å². The quantitative estimate of drug-likeness (QED) is 0.838. The van der Waals surface area contributed by atoms with Crippen molar-refractivity contribution in [2.24, 2.45) is 7.05 Å². The van der Waals surface area contributed by atoms with Gasteiger partial charge in [-0.05, 0) is 32.5 Å². The number of aromatic nitrogens is 4. The number of fused-ring (bicyclic) bond motifs is 1. The molecular formula is C12H19N5OS. The Kier molecular flexibility index (Phi) is 3.75. The number of aryl methyl sites for hydroxylation is 2. The highest BCUT2D eigenvalue weighted by atomic mass is 32.1. The molecule has 2 rings (SSSR count). The predicted molar refractivity (Wildman–Crippen MR) is 76.7 cm³/mol. The average molecular weight is 281 g/mol. The number of hydrogen-bond acceptors (Lipinski definition) is 3. The topological polar surface area (TPSA) is 67.6 Å². The van der Waals surface area contributed by atoms with Crippen LogP contribution < -0.4 is 5.32 Å². The lowest BCUT2D eigenvalue weighted by Gasteiger charge is -2.13. The Morgan fingerprint density at radius 3 is 2.79 bits per heavy atom. The standard InChI is InChI=1S/C12H19N5OS/c1-5-8-9-11(16(4)15-8)17(12(19)14-9)7(3)10(18)13-6-2/h7H,5-6H2,1-4H3,(H,13,18)(H,14,19). The average Bonchev–Trinajstić information content (AvgIpc) is 2.86. The molecule has 7 heteroatoms. The summed E-state index contributed by atoms with van der Waals surface area (Å²) < 4.78 is 4.15. The van der Waals surface area contributed by atoms with Crippen LogP contribution in [0.25, 0.3) is 11.2 Å². The summed E-state index contributed by atoms with van der Waals surface area (Å²) in [6.45, 7) is 6.39. The summed E-state index contributed by atoms with van der Waals surface area (Å²) >= 11 is 5.34. The molecule has 19 heavy (non-hydrogen) atoms. The summed E-state index contributed by atoms with van der Waals surface area (Å²) in [5, 5.41) is 7.26. The van der Waals surface area contributed by atoms with Crippen LogP contribution in [0.2, 0.25) is 0 Å². The van der Waals surface area contributed by atoms with Crippen LogP contribution in [0.3, 0.4) is 0 Å². The van der Waals surface area contributed by atoms with E-state index in [1.54, 1.807) is 4.68 Å². The molecule has 104 valence electrons. The van der Waals surface area contributed by atoms with Gasteiger partial charge in [-0.25, -0.2) is 0 Å². The lowest BCUT2D eigenvalue weighted by atomic mass is 10.3. The maximum atomic E-state index is 12.0. The predicted octanol–water partition coefficient (Wildman–Crippen LogP) is 1.69. The van der Waals surface area contributed by atoms with Gasteiger partial charge >= 0.3 is 0 Å². The summed E-state index contributed by atoms with van der Waals surface area (Å²) in [5.41, 5.74) is 2.75. The molecule has 6 nitrogen and oxygen atoms in total. The lowest BCUT2D eigenvalue weighted by molar-refractivity contribution is -0.123. The summed E-state index contributed by atoms with van der Waals surface area (Å²) in [6, 6.07) is -0.360. The first kappa shape index (κ1) is 13.8. The minimum atomic E-state index is -0.360. The molecule has 1 atom stereocenters. The molecule has 0 aromatic carbocycles. The number of carbonyl (C=O) groups is 1. The van der Waals surface area contributed by atoms with Gasteiger partial charge in [0, 0.05) is 13.6 Å². The second-order valence-electron chi connectivity index (χ2n) is 4.49. The van der Waals surface area contributed by atoms with Gasteiger partial charge < -0.3 is 10.3 Å². The van der Waals surface area contributed by atoms with Gasteiger partial charge in [0.25, 0.3) is 0 Å². The Labute approximate surface area is 116 Å². The molecule has 0 spiro atoms. The van der Waals surface area contributed by atoms with Gasteiger partial charge in [-0.2, -0.15) is 5.10 Å². The van der Waals surface area contributed by atoms with E-state index in [0.717, 1.165) is 23.3 Å². The van der Waals surface area contributed by atoms with E-state index in [0.29, 0.717) is 11.3 Å². The fourth-order valence-electron chi connectivity index (χ4n) is 2.28. The van der Waals surface area contributed by atoms with Gasteiger partial charge in [0.05, 0.1) is 5.69 Å². The molecular weight excluding hydrogens is 262 g/mol. The molecule has 0 saturated heterocycles. The minimum Gasteiger partial charge on any atom is -0.355 e. The molecule has 0 saturated carbocycles. The van der Waals surface area contributed by atoms with Crippen molar-refractivity contribution in [1.82, 2.24) is 24.6 Å². The van der Waals surface area contributed by atoms with Crippen molar-refractivity contribution in [3.8, 4) is 0 Å². The van der Waals surface area contributed by atoms with E-state index in [2.05, 4.69) is 15.4 Å². The van der Waals surface area contributed by atoms with Gasteiger partial charge in [0.2, 0.25) is 5.91 Å². The SMILES string of the molecule is CCNC(=O)C(C)n1c(=S)[nH]c2c(CC)nn(C)c21. The number of amides is 1. The first-order valence-corrected chi connectivity index (χ1v) is 6.85. The number of nitrogens with one attached hydrogen (secondary N) is 2. The minimum absolute atomic E-state index is 0.0428. The first-order chi connectivity index (χ1) is 9.01. The Morgan fingerprint density at radius 2 is 2.21 bits per heavy atom. The molecule has 1 unspecified atom stereocenters. The molecule has 2 N–H and O–H groups in total. The van der Waals surface area contributed by atoms with Crippen LogP contribution in [-0.4, -0.2) is 31.8 Å². The van der Waals surface area contributed by atoms with Crippen molar-refractivity contribution in [3.05, 3.63) is 10.5 Å². The highest BCUT2D eigenvalue weighted by Gasteiger charge is 2.21. The van der Waals surface area contributed by atoms with Crippen LogP contribution in [0.1, 0.15) is 32.5 Å². The van der Waals surface area contributed by atoms with Crippen LogP contribution in [0.15, 0.2) is 0 Å². The third-order valence-corrected chi connectivity index (χ3v) is 3.52. The lowest BCUT2D eigenvalue weighted by Crippen LogP contribution is -2.31. The Bertz CT molecular complexity index is 665. The van der Waals surface area contributed by atoms with Crippen molar-refractivity contribution in [3.63, 3.8) is 0 Å². The first-order valence-electron chi connectivity index (χ1n) is 6.45. The number of carbonyl (C=O) groups excluding carboxylic acids is 1. The third kappa shape index (κ3) is 2.18. The number of nitrogens with zero attached hydrogens (tertiary/aromatic N) is 3. The molecule has 0 aliphatic carbocycles. The zero-order valence-electron chi connectivity index (χ0n) is 11.6. The summed E-state index contributed by atoms with van der Waals surface area (Å²) in [7, 11) is 1.87. The second-order valence-corrected chi connectivity index (χ2v) is 4.88. The van der Waals surface area contributed by atoms with Gasteiger partial charge in [0.15, 0.2) is 10.4 Å². The molecule has 0 aliphatic rings. The normalized spacial score (nSPS) is 12.8. The number of H-pyrrole nitrogens is 1. The van der Waals surface area contributed by atoms with Crippen molar-refractivity contribution in [2.45, 2.75) is 33.2 Å². The van der Waals surface area contributed by atoms with E-state index in [1.807, 2.05) is 32.4 Å². The van der Waals surface area contributed by atoms with Crippen LogP contribution >= 0.6 is 12.2 Å². The van der Waals surface area contributed by atoms with E-state index in [-0.39, 0.29) is 11.9 Å². The molecule has 2 aromatic heterocycles. The molecule has 0 radical (unpaired) electrons. The zero-order valence-corrected chi connectivity index (χ0v) is 12.5. The Balaban J connectivity index is 2.60. The van der Waals surface area contributed by atoms with Crippen LogP contribution in [0.4, 0.5) is 0 Å². The zero-order chi connectivity index (χ0) is 14.2. The Morgan fingerprint density at radius 1 is 1.53 bits per heavy atom. The maximum Gasteiger partial charge on any atom is 0.242 e. The van der Waals surface area contributed by atoms with Gasteiger partial charge in [-0.3, -0.25) is 14.0 Å². The molecule has 0 bridgehead atoms. The number of likely N-dealkylation sites (N-methyl/N-ethyl adjacent to an activating group) is 1. The van der Waals surface area contributed by atoms with Gasteiger partial charge in [-0.1, -0.05) is 6.92 Å². The molecule has 2 aromatic rings. The molecule has 1 amide bonds. The summed E-state index contributed by atoms with van der Waals surface area (Å²) in [6.07, 6.45) is 0.822. The van der Waals surface area contributed by atoms with Crippen LogP contribution in [0, 0.1) is 4.77 Å². The van der Waals surface area contributed by atoms with Crippen molar-refractivity contribution in [1.29, 1.82) is 0 Å².